The molecule has 4 aromatic rings. The molecule has 236 valence electrons. The van der Waals surface area contributed by atoms with Crippen LogP contribution >= 0.6 is 0 Å². The molecule has 15 heteroatoms. The summed E-state index contributed by atoms with van der Waals surface area (Å²) >= 11 is 0. The summed E-state index contributed by atoms with van der Waals surface area (Å²) < 4.78 is 80.4. The third-order valence-corrected chi connectivity index (χ3v) is 7.54. The second kappa shape index (κ2) is 13.0. The fourth-order valence-electron chi connectivity index (χ4n) is 5.27. The van der Waals surface area contributed by atoms with Gasteiger partial charge in [0.2, 0.25) is 0 Å². The number of aromatic nitrogens is 4. The zero-order valence-corrected chi connectivity index (χ0v) is 23.5. The lowest BCUT2D eigenvalue weighted by atomic mass is 9.84. The van der Waals surface area contributed by atoms with Gasteiger partial charge in [-0.3, -0.25) is 15.0 Å². The summed E-state index contributed by atoms with van der Waals surface area (Å²) in [5, 5.41) is 17.6. The first-order valence-corrected chi connectivity index (χ1v) is 14.0. The third kappa shape index (κ3) is 7.77. The molecule has 0 aliphatic heterocycles. The van der Waals surface area contributed by atoms with Crippen LogP contribution < -0.4 is 15.5 Å². The number of anilines is 3. The molecule has 9 nitrogen and oxygen atoms in total. The number of carbonyl (C=O) groups is 2. The zero-order chi connectivity index (χ0) is 32.2. The maximum absolute atomic E-state index is 13.5. The smallest absolute Gasteiger partial charge is 0.308 e. The Hall–Kier alpha value is -4.95. The van der Waals surface area contributed by atoms with Gasteiger partial charge in [-0.05, 0) is 77.6 Å². The standard InChI is InChI=1S/C30H27F6N7O2/c31-29(32,33)24-15-12-22(16-25(24)30(34,35)36)37-28(45)43(23-13-10-20(11-14-23)19-4-2-1-3-5-19)17-18-6-8-21(9-7-18)26(44)38-27-39-41-42-40-27/h6-16,19H,1-5,17H2,(H,37,45)(H2,38,39,40,41,42,44). The minimum atomic E-state index is -5.31. The Balaban J connectivity index is 1.40. The molecule has 3 N–H and O–H groups in total. The molecule has 1 heterocycles. The van der Waals surface area contributed by atoms with Crippen molar-refractivity contribution in [3.05, 3.63) is 94.5 Å². The van der Waals surface area contributed by atoms with Crippen molar-refractivity contribution in [3.63, 3.8) is 0 Å². The summed E-state index contributed by atoms with van der Waals surface area (Å²) in [5.74, 6) is -0.159. The lowest BCUT2D eigenvalue weighted by molar-refractivity contribution is -0.162. The van der Waals surface area contributed by atoms with Crippen LogP contribution in [-0.2, 0) is 18.9 Å². The molecule has 0 unspecified atom stereocenters. The van der Waals surface area contributed by atoms with Gasteiger partial charge in [0.25, 0.3) is 11.9 Å². The minimum absolute atomic E-state index is 0.0273. The average molecular weight is 632 g/mol. The molecule has 1 aliphatic rings. The normalized spacial score (nSPS) is 14.2. The van der Waals surface area contributed by atoms with Gasteiger partial charge in [-0.1, -0.05) is 48.6 Å². The Bertz CT molecular complexity index is 1620. The summed E-state index contributed by atoms with van der Waals surface area (Å²) in [6.07, 6.45) is -5.03. The molecule has 0 radical (unpaired) electrons. The van der Waals surface area contributed by atoms with E-state index in [1.54, 1.807) is 24.3 Å². The quantitative estimate of drug-likeness (QED) is 0.180. The molecule has 45 heavy (non-hydrogen) atoms. The van der Waals surface area contributed by atoms with Crippen LogP contribution in [0.4, 0.5) is 48.5 Å². The van der Waals surface area contributed by atoms with Crippen LogP contribution in [0.1, 0.15) is 70.6 Å². The molecule has 5 rings (SSSR count). The molecule has 0 spiro atoms. The Kier molecular flexibility index (Phi) is 9.06. The molecule has 3 amide bonds. The highest BCUT2D eigenvalue weighted by Gasteiger charge is 2.43. The number of aromatic amines is 1. The SMILES string of the molecule is O=C(Nc1nn[nH]n1)c1ccc(CN(C(=O)Nc2ccc(C(F)(F)F)c(C(F)(F)F)c2)c2ccc(C3CCCCC3)cc2)cc1. The van der Waals surface area contributed by atoms with Crippen LogP contribution in [0.3, 0.4) is 0 Å². The van der Waals surface area contributed by atoms with Crippen molar-refractivity contribution in [1.82, 2.24) is 20.6 Å². The number of carbonyl (C=O) groups excluding carboxylic acids is 2. The van der Waals surface area contributed by atoms with Gasteiger partial charge in [0, 0.05) is 16.9 Å². The second-order valence-electron chi connectivity index (χ2n) is 10.6. The van der Waals surface area contributed by atoms with Gasteiger partial charge in [0.05, 0.1) is 17.7 Å². The monoisotopic (exact) mass is 631 g/mol. The van der Waals surface area contributed by atoms with Crippen molar-refractivity contribution < 1.29 is 35.9 Å². The van der Waals surface area contributed by atoms with Gasteiger partial charge in [-0.25, -0.2) is 4.79 Å². The Morgan fingerprint density at radius 2 is 1.49 bits per heavy atom. The highest BCUT2D eigenvalue weighted by atomic mass is 19.4. The van der Waals surface area contributed by atoms with Crippen molar-refractivity contribution in [2.24, 2.45) is 0 Å². The number of hydrogen-bond donors (Lipinski definition) is 3. The number of tetrazole rings is 1. The fourth-order valence-corrected chi connectivity index (χ4v) is 5.27. The van der Waals surface area contributed by atoms with Gasteiger partial charge in [-0.15, -0.1) is 5.10 Å². The predicted molar refractivity (Wildman–Crippen MR) is 152 cm³/mol. The number of H-pyrrole nitrogens is 1. The van der Waals surface area contributed by atoms with E-state index in [1.165, 1.54) is 23.5 Å². The van der Waals surface area contributed by atoms with Crippen molar-refractivity contribution in [2.75, 3.05) is 15.5 Å². The number of benzene rings is 3. The van der Waals surface area contributed by atoms with E-state index >= 15 is 0 Å². The number of urea groups is 1. The van der Waals surface area contributed by atoms with E-state index in [0.717, 1.165) is 37.3 Å². The molecule has 1 aliphatic carbocycles. The van der Waals surface area contributed by atoms with Crippen LogP contribution in [0.25, 0.3) is 0 Å². The van der Waals surface area contributed by atoms with Crippen LogP contribution in [0, 0.1) is 0 Å². The van der Waals surface area contributed by atoms with E-state index in [4.69, 9.17) is 0 Å². The number of rotatable bonds is 7. The molecule has 1 fully saturated rings. The Morgan fingerprint density at radius 3 is 2.09 bits per heavy atom. The number of halogens is 6. The first kappa shape index (κ1) is 31.5. The summed E-state index contributed by atoms with van der Waals surface area (Å²) in [4.78, 5) is 27.2. The molecular weight excluding hydrogens is 604 g/mol. The zero-order valence-electron chi connectivity index (χ0n) is 23.5. The molecular formula is C30H27F6N7O2. The molecule has 3 aromatic carbocycles. The maximum Gasteiger partial charge on any atom is 0.417 e. The van der Waals surface area contributed by atoms with Gasteiger partial charge in [0.15, 0.2) is 0 Å². The number of amides is 3. The maximum atomic E-state index is 13.5. The van der Waals surface area contributed by atoms with Crippen molar-refractivity contribution in [1.29, 1.82) is 0 Å². The van der Waals surface area contributed by atoms with E-state index in [9.17, 15) is 35.9 Å². The van der Waals surface area contributed by atoms with Crippen LogP contribution in [0.15, 0.2) is 66.7 Å². The van der Waals surface area contributed by atoms with Crippen LogP contribution in [-0.4, -0.2) is 32.6 Å². The van der Waals surface area contributed by atoms with Crippen molar-refractivity contribution in [3.8, 4) is 0 Å². The molecule has 0 atom stereocenters. The van der Waals surface area contributed by atoms with Crippen molar-refractivity contribution >= 4 is 29.3 Å². The summed E-state index contributed by atoms with van der Waals surface area (Å²) in [7, 11) is 0. The van der Waals surface area contributed by atoms with Crippen LogP contribution in [0.2, 0.25) is 0 Å². The summed E-state index contributed by atoms with van der Waals surface area (Å²) in [6, 6.07) is 13.9. The molecule has 1 saturated carbocycles. The lowest BCUT2D eigenvalue weighted by Gasteiger charge is -2.26. The first-order chi connectivity index (χ1) is 21.4. The van der Waals surface area contributed by atoms with E-state index in [-0.39, 0.29) is 24.1 Å². The topological polar surface area (TPSA) is 116 Å². The molecule has 0 saturated heterocycles. The van der Waals surface area contributed by atoms with Gasteiger partial charge < -0.3 is 5.32 Å². The molecule has 1 aromatic heterocycles. The fraction of sp³-hybridized carbons (Fsp3) is 0.300. The lowest BCUT2D eigenvalue weighted by Crippen LogP contribution is -2.34. The van der Waals surface area contributed by atoms with Gasteiger partial charge >= 0.3 is 18.4 Å². The largest absolute Gasteiger partial charge is 0.417 e. The number of alkyl halides is 6. The second-order valence-corrected chi connectivity index (χ2v) is 10.6. The minimum Gasteiger partial charge on any atom is -0.308 e. The van der Waals surface area contributed by atoms with E-state index in [2.05, 4.69) is 31.3 Å². The van der Waals surface area contributed by atoms with E-state index in [1.807, 2.05) is 12.1 Å². The number of nitrogens with zero attached hydrogens (tertiary/aromatic N) is 4. The molecule has 0 bridgehead atoms. The average Bonchev–Trinajstić information content (AvgIpc) is 3.53. The van der Waals surface area contributed by atoms with Gasteiger partial charge in [-0.2, -0.15) is 31.6 Å². The Morgan fingerprint density at radius 1 is 0.822 bits per heavy atom. The number of nitrogens with one attached hydrogen (secondary N) is 3. The van der Waals surface area contributed by atoms with E-state index in [0.29, 0.717) is 23.2 Å². The van der Waals surface area contributed by atoms with E-state index < -0.39 is 41.1 Å². The predicted octanol–water partition coefficient (Wildman–Crippen LogP) is 7.78. The van der Waals surface area contributed by atoms with Crippen LogP contribution in [0.5, 0.6) is 0 Å². The summed E-state index contributed by atoms with van der Waals surface area (Å²) in [6.45, 7) is -0.0753. The number of hydrogen-bond acceptors (Lipinski definition) is 5. The summed E-state index contributed by atoms with van der Waals surface area (Å²) in [5.41, 5.74) is -1.90. The third-order valence-electron chi connectivity index (χ3n) is 7.54. The van der Waals surface area contributed by atoms with Crippen molar-refractivity contribution in [2.45, 2.75) is 56.9 Å². The first-order valence-electron chi connectivity index (χ1n) is 14.0. The highest BCUT2D eigenvalue weighted by molar-refractivity contribution is 6.03. The van der Waals surface area contributed by atoms with Gasteiger partial charge in [0.1, 0.15) is 0 Å². The Labute approximate surface area is 253 Å². The highest BCUT2D eigenvalue weighted by Crippen LogP contribution is 2.41.